The number of nitrogens with zero attached hydrogens (tertiary/aromatic N) is 1. The Balaban J connectivity index is 1.05. The zero-order chi connectivity index (χ0) is 37.4. The summed E-state index contributed by atoms with van der Waals surface area (Å²) in [6.45, 7) is 4.77. The van der Waals surface area contributed by atoms with Gasteiger partial charge in [-0.3, -0.25) is 0 Å². The molecule has 0 unspecified atom stereocenters. The number of benzene rings is 8. The maximum atomic E-state index is 2.54. The van der Waals surface area contributed by atoms with E-state index < -0.39 is 0 Å². The molecule has 0 atom stereocenters. The minimum atomic E-state index is -0.0914. The zero-order valence-electron chi connectivity index (χ0n) is 32.2. The summed E-state index contributed by atoms with van der Waals surface area (Å²) in [5.74, 6) is 0. The van der Waals surface area contributed by atoms with Gasteiger partial charge in [0, 0.05) is 27.6 Å². The minimum Gasteiger partial charge on any atom is -0.310 e. The molecule has 0 N–H and O–H groups in total. The first-order chi connectivity index (χ1) is 27.5. The van der Waals surface area contributed by atoms with Gasteiger partial charge in [0.1, 0.15) is 0 Å². The van der Waals surface area contributed by atoms with Crippen molar-refractivity contribution in [2.75, 3.05) is 4.90 Å². The molecule has 0 radical (unpaired) electrons. The molecule has 1 saturated carbocycles. The van der Waals surface area contributed by atoms with Gasteiger partial charge in [0.15, 0.2) is 0 Å². The van der Waals surface area contributed by atoms with Crippen LogP contribution in [0.2, 0.25) is 0 Å². The number of anilines is 3. The van der Waals surface area contributed by atoms with Crippen molar-refractivity contribution >= 4 is 27.8 Å². The van der Waals surface area contributed by atoms with E-state index in [1.807, 2.05) is 0 Å². The van der Waals surface area contributed by atoms with Crippen LogP contribution in [0.1, 0.15) is 68.2 Å². The molecule has 0 aromatic heterocycles. The fourth-order valence-corrected chi connectivity index (χ4v) is 10.9. The Hall–Kier alpha value is -6.18. The molecule has 0 bridgehead atoms. The van der Waals surface area contributed by atoms with E-state index in [1.165, 1.54) is 121 Å². The molecule has 0 amide bonds. The molecule has 3 aliphatic carbocycles. The van der Waals surface area contributed by atoms with Crippen LogP contribution in [0, 0.1) is 0 Å². The SMILES string of the molecule is CC1(C)c2ccccc2-c2cccc(-c3ccccc3-c3ccc(N(c4ccc5c(c4)C4(CCCCC4)c4ccccc4-5)c4cccc5ccccc45)cc3)c21. The molecule has 1 spiro atoms. The van der Waals surface area contributed by atoms with Gasteiger partial charge in [0.25, 0.3) is 0 Å². The summed E-state index contributed by atoms with van der Waals surface area (Å²) >= 11 is 0. The average molecular weight is 720 g/mol. The first-order valence-electron chi connectivity index (χ1n) is 20.5. The Morgan fingerprint density at radius 3 is 1.75 bits per heavy atom. The monoisotopic (exact) mass is 719 g/mol. The highest BCUT2D eigenvalue weighted by Crippen LogP contribution is 2.57. The summed E-state index contributed by atoms with van der Waals surface area (Å²) in [6, 6.07) is 66.2. The van der Waals surface area contributed by atoms with Crippen molar-refractivity contribution in [3.63, 3.8) is 0 Å². The fourth-order valence-electron chi connectivity index (χ4n) is 10.9. The standard InChI is InChI=1S/C55H45N/c1-54(2)49-25-10-8-22-45(49)48-24-15-23-47(53(48)54)43-20-7-6-18-41(43)38-28-30-39(31-29-38)56(52-27-14-17-37-16-4-5-19-42(37)52)40-32-33-46-44-21-9-11-26-50(44)55(51(46)36-40)34-12-3-13-35-55/h4-11,14-33,36H,3,12-13,34-35H2,1-2H3. The topological polar surface area (TPSA) is 3.24 Å². The van der Waals surface area contributed by atoms with Crippen LogP contribution in [-0.2, 0) is 10.8 Å². The van der Waals surface area contributed by atoms with Gasteiger partial charge in [-0.2, -0.15) is 0 Å². The lowest BCUT2D eigenvalue weighted by Crippen LogP contribution is -2.28. The Labute approximate surface area is 330 Å². The predicted molar refractivity (Wildman–Crippen MR) is 236 cm³/mol. The fraction of sp³-hybridized carbons (Fsp3) is 0.164. The summed E-state index contributed by atoms with van der Waals surface area (Å²) in [7, 11) is 0. The number of fused-ring (bicyclic) bond motifs is 9. The molecule has 8 aromatic carbocycles. The van der Waals surface area contributed by atoms with Crippen LogP contribution in [0.5, 0.6) is 0 Å². The van der Waals surface area contributed by atoms with Crippen LogP contribution in [0.15, 0.2) is 176 Å². The van der Waals surface area contributed by atoms with E-state index in [2.05, 4.69) is 195 Å². The van der Waals surface area contributed by atoms with Crippen LogP contribution < -0.4 is 4.90 Å². The van der Waals surface area contributed by atoms with Gasteiger partial charge in [0.05, 0.1) is 5.69 Å². The molecular weight excluding hydrogens is 675 g/mol. The Bertz CT molecular complexity index is 2810. The quantitative estimate of drug-likeness (QED) is 0.171. The van der Waals surface area contributed by atoms with Crippen molar-refractivity contribution in [3.8, 4) is 44.5 Å². The van der Waals surface area contributed by atoms with Crippen LogP contribution in [0.3, 0.4) is 0 Å². The number of hydrogen-bond donors (Lipinski definition) is 0. The second kappa shape index (κ2) is 12.7. The van der Waals surface area contributed by atoms with Crippen LogP contribution in [0.4, 0.5) is 17.1 Å². The predicted octanol–water partition coefficient (Wildman–Crippen LogP) is 15.2. The highest BCUT2D eigenvalue weighted by Gasteiger charge is 2.44. The summed E-state index contributed by atoms with van der Waals surface area (Å²) in [5.41, 5.74) is 20.0. The van der Waals surface area contributed by atoms with E-state index in [4.69, 9.17) is 0 Å². The number of rotatable bonds is 5. The first-order valence-corrected chi connectivity index (χ1v) is 20.5. The van der Waals surface area contributed by atoms with Crippen molar-refractivity contribution in [2.24, 2.45) is 0 Å². The Kier molecular flexibility index (Phi) is 7.52. The van der Waals surface area contributed by atoms with Gasteiger partial charge < -0.3 is 4.90 Å². The lowest BCUT2D eigenvalue weighted by Gasteiger charge is -2.36. The normalized spacial score (nSPS) is 15.6. The van der Waals surface area contributed by atoms with Crippen molar-refractivity contribution in [2.45, 2.75) is 56.8 Å². The average Bonchev–Trinajstić information content (AvgIpc) is 3.66. The molecule has 0 saturated heterocycles. The van der Waals surface area contributed by atoms with E-state index in [0.29, 0.717) is 0 Å². The van der Waals surface area contributed by atoms with Gasteiger partial charge in [0.2, 0.25) is 0 Å². The summed E-state index contributed by atoms with van der Waals surface area (Å²) in [5, 5.41) is 2.50. The van der Waals surface area contributed by atoms with Gasteiger partial charge in [-0.1, -0.05) is 179 Å². The maximum absolute atomic E-state index is 2.54. The molecule has 1 nitrogen and oxygen atoms in total. The van der Waals surface area contributed by atoms with Gasteiger partial charge in [-0.05, 0) is 115 Å². The second-order valence-electron chi connectivity index (χ2n) is 16.7. The third-order valence-corrected chi connectivity index (χ3v) is 13.5. The van der Waals surface area contributed by atoms with Crippen molar-refractivity contribution in [1.82, 2.24) is 0 Å². The first kappa shape index (κ1) is 33.2. The molecule has 0 heterocycles. The zero-order valence-corrected chi connectivity index (χ0v) is 32.2. The molecule has 1 heteroatoms. The van der Waals surface area contributed by atoms with Crippen molar-refractivity contribution < 1.29 is 0 Å². The summed E-state index contributed by atoms with van der Waals surface area (Å²) in [4.78, 5) is 2.50. The van der Waals surface area contributed by atoms with E-state index >= 15 is 0 Å². The smallest absolute Gasteiger partial charge is 0.0540 e. The Morgan fingerprint density at radius 1 is 0.411 bits per heavy atom. The minimum absolute atomic E-state index is 0.0890. The van der Waals surface area contributed by atoms with E-state index in [9.17, 15) is 0 Å². The maximum Gasteiger partial charge on any atom is 0.0540 e. The van der Waals surface area contributed by atoms with Gasteiger partial charge in [-0.15, -0.1) is 0 Å². The van der Waals surface area contributed by atoms with E-state index in [-0.39, 0.29) is 10.8 Å². The summed E-state index contributed by atoms with van der Waals surface area (Å²) < 4.78 is 0. The summed E-state index contributed by atoms with van der Waals surface area (Å²) in [6.07, 6.45) is 6.33. The van der Waals surface area contributed by atoms with Gasteiger partial charge >= 0.3 is 0 Å². The van der Waals surface area contributed by atoms with E-state index in [0.717, 1.165) is 5.69 Å². The highest BCUT2D eigenvalue weighted by atomic mass is 15.1. The highest BCUT2D eigenvalue weighted by molar-refractivity contribution is 6.00. The molecule has 3 aliphatic rings. The molecule has 0 aliphatic heterocycles. The third kappa shape index (κ3) is 4.86. The van der Waals surface area contributed by atoms with Crippen LogP contribution in [-0.4, -0.2) is 0 Å². The molecule has 8 aromatic rings. The second-order valence-corrected chi connectivity index (χ2v) is 16.7. The Morgan fingerprint density at radius 2 is 0.964 bits per heavy atom. The molecular formula is C55H45N. The van der Waals surface area contributed by atoms with Crippen molar-refractivity contribution in [3.05, 3.63) is 198 Å². The molecule has 1 fully saturated rings. The van der Waals surface area contributed by atoms with Gasteiger partial charge in [-0.25, -0.2) is 0 Å². The van der Waals surface area contributed by atoms with Crippen LogP contribution in [0.25, 0.3) is 55.3 Å². The van der Waals surface area contributed by atoms with Crippen molar-refractivity contribution in [1.29, 1.82) is 0 Å². The number of hydrogen-bond acceptors (Lipinski definition) is 1. The largest absolute Gasteiger partial charge is 0.310 e. The lowest BCUT2D eigenvalue weighted by molar-refractivity contribution is 0.353. The molecule has 270 valence electrons. The molecule has 11 rings (SSSR count). The van der Waals surface area contributed by atoms with E-state index in [1.54, 1.807) is 0 Å². The molecule has 56 heavy (non-hydrogen) atoms. The van der Waals surface area contributed by atoms with Crippen LogP contribution >= 0.6 is 0 Å². The lowest BCUT2D eigenvalue weighted by atomic mass is 9.68. The third-order valence-electron chi connectivity index (χ3n) is 13.5.